The van der Waals surface area contributed by atoms with Crippen LogP contribution in [0.2, 0.25) is 10.0 Å². The summed E-state index contributed by atoms with van der Waals surface area (Å²) >= 11 is 12.5. The highest BCUT2D eigenvalue weighted by atomic mass is 35.5. The van der Waals surface area contributed by atoms with E-state index in [9.17, 15) is 10.4 Å². The van der Waals surface area contributed by atoms with Crippen LogP contribution in [-0.4, -0.2) is 37.5 Å². The van der Waals surface area contributed by atoms with Crippen molar-refractivity contribution in [2.45, 2.75) is 32.5 Å². The van der Waals surface area contributed by atoms with Crippen molar-refractivity contribution >= 4 is 34.1 Å². The van der Waals surface area contributed by atoms with Crippen LogP contribution in [0.4, 0.5) is 0 Å². The third-order valence-electron chi connectivity index (χ3n) is 4.95. The fourth-order valence-corrected chi connectivity index (χ4v) is 4.05. The van der Waals surface area contributed by atoms with Gasteiger partial charge in [-0.1, -0.05) is 23.2 Å². The number of H-pyrrole nitrogens is 1. The highest BCUT2D eigenvalue weighted by molar-refractivity contribution is 6.35. The van der Waals surface area contributed by atoms with E-state index in [1.54, 1.807) is 26.1 Å². The van der Waals surface area contributed by atoms with Crippen molar-refractivity contribution in [1.82, 2.24) is 20.2 Å². The Bertz CT molecular complexity index is 1370. The van der Waals surface area contributed by atoms with Crippen molar-refractivity contribution in [1.29, 1.82) is 5.26 Å². The minimum atomic E-state index is -1.05. The van der Waals surface area contributed by atoms with E-state index in [2.05, 4.69) is 26.2 Å². The molecule has 0 radical (unpaired) electrons. The highest BCUT2D eigenvalue weighted by Gasteiger charge is 2.19. The van der Waals surface area contributed by atoms with E-state index in [1.165, 1.54) is 12.4 Å². The Balaban J connectivity index is 1.65. The summed E-state index contributed by atoms with van der Waals surface area (Å²) in [5.74, 6) is 0.738. The molecule has 0 unspecified atom stereocenters. The Kier molecular flexibility index (Phi) is 6.62. The normalized spacial score (nSPS) is 12.4. The summed E-state index contributed by atoms with van der Waals surface area (Å²) in [5.41, 5.74) is 1.85. The van der Waals surface area contributed by atoms with Crippen LogP contribution in [0.15, 0.2) is 42.9 Å². The van der Waals surface area contributed by atoms with E-state index in [-0.39, 0.29) is 18.1 Å². The number of ether oxygens (including phenoxy) is 2. The molecule has 0 aliphatic carbocycles. The van der Waals surface area contributed by atoms with E-state index in [0.717, 1.165) is 10.9 Å². The van der Waals surface area contributed by atoms with Crippen LogP contribution >= 0.6 is 23.2 Å². The molecule has 0 bridgehead atoms. The summed E-state index contributed by atoms with van der Waals surface area (Å²) < 4.78 is 11.6. The maximum Gasteiger partial charge on any atom is 0.231 e. The molecule has 0 spiro atoms. The van der Waals surface area contributed by atoms with Crippen LogP contribution in [0.25, 0.3) is 22.2 Å². The molecule has 0 saturated heterocycles. The lowest BCUT2D eigenvalue weighted by Gasteiger charge is -2.18. The second kappa shape index (κ2) is 9.47. The molecule has 3 heterocycles. The zero-order chi connectivity index (χ0) is 24.5. The molecule has 1 atom stereocenters. The number of aliphatic hydroxyl groups is 1. The topological polar surface area (TPSA) is 117 Å². The zero-order valence-electron chi connectivity index (χ0n) is 18.6. The monoisotopic (exact) mass is 497 g/mol. The maximum atomic E-state index is 9.88. The minimum absolute atomic E-state index is 0.00373. The molecule has 0 aliphatic rings. The SMILES string of the molecule is C[C@@H](Oc1ccc2[nH]nc(-c3cnc(OCC(C)(C)O)c(C#N)c3)c2c1)c1c(Cl)cncc1Cl. The van der Waals surface area contributed by atoms with Gasteiger partial charge in [-0.05, 0) is 45.0 Å². The Hall–Kier alpha value is -3.38. The van der Waals surface area contributed by atoms with Gasteiger partial charge in [0.25, 0.3) is 0 Å². The summed E-state index contributed by atoms with van der Waals surface area (Å²) in [6.07, 6.45) is 4.20. The number of rotatable bonds is 7. The molecule has 34 heavy (non-hydrogen) atoms. The van der Waals surface area contributed by atoms with Gasteiger partial charge in [0.2, 0.25) is 5.88 Å². The number of nitriles is 1. The summed E-state index contributed by atoms with van der Waals surface area (Å²) in [6, 6.07) is 9.25. The second-order valence-corrected chi connectivity index (χ2v) is 9.16. The third kappa shape index (κ3) is 5.07. The maximum absolute atomic E-state index is 9.88. The van der Waals surface area contributed by atoms with Crippen molar-refractivity contribution < 1.29 is 14.6 Å². The minimum Gasteiger partial charge on any atom is -0.486 e. The lowest BCUT2D eigenvalue weighted by Crippen LogP contribution is -2.28. The Morgan fingerprint density at radius 1 is 1.18 bits per heavy atom. The zero-order valence-corrected chi connectivity index (χ0v) is 20.1. The van der Waals surface area contributed by atoms with Gasteiger partial charge >= 0.3 is 0 Å². The fourth-order valence-electron chi connectivity index (χ4n) is 3.38. The number of hydrogen-bond acceptors (Lipinski definition) is 7. The summed E-state index contributed by atoms with van der Waals surface area (Å²) in [7, 11) is 0. The molecule has 0 aliphatic heterocycles. The lowest BCUT2D eigenvalue weighted by atomic mass is 10.1. The number of halogens is 2. The van der Waals surface area contributed by atoms with Gasteiger partial charge in [0.05, 0.1) is 21.2 Å². The number of hydrogen-bond donors (Lipinski definition) is 2. The number of benzene rings is 1. The molecule has 4 aromatic rings. The first-order chi connectivity index (χ1) is 16.2. The lowest BCUT2D eigenvalue weighted by molar-refractivity contribution is 0.0267. The molecule has 1 aromatic carbocycles. The standard InChI is InChI=1S/C24H21Cl2N5O3/c1-13(21-18(25)10-28-11-19(21)26)34-16-4-5-20-17(7-16)22(31-30-20)15-6-14(8-27)23(29-9-15)33-12-24(2,3)32/h4-7,9-11,13,32H,12H2,1-3H3,(H,30,31)/t13-/m1/s1. The Labute approximate surface area is 206 Å². The predicted molar refractivity (Wildman–Crippen MR) is 129 cm³/mol. The fraction of sp³-hybridized carbons (Fsp3) is 0.250. The Morgan fingerprint density at radius 3 is 2.59 bits per heavy atom. The number of fused-ring (bicyclic) bond motifs is 1. The second-order valence-electron chi connectivity index (χ2n) is 8.35. The third-order valence-corrected chi connectivity index (χ3v) is 5.55. The number of nitrogens with one attached hydrogen (secondary N) is 1. The van der Waals surface area contributed by atoms with Crippen LogP contribution < -0.4 is 9.47 Å². The van der Waals surface area contributed by atoms with Gasteiger partial charge in [0, 0.05) is 35.1 Å². The summed E-state index contributed by atoms with van der Waals surface area (Å²) in [5, 5.41) is 28.5. The number of nitrogens with zero attached hydrogens (tertiary/aromatic N) is 4. The number of aromatic amines is 1. The first-order valence-corrected chi connectivity index (χ1v) is 11.1. The van der Waals surface area contributed by atoms with Crippen LogP contribution in [0.1, 0.15) is 38.0 Å². The van der Waals surface area contributed by atoms with E-state index in [0.29, 0.717) is 32.6 Å². The molecule has 8 nitrogen and oxygen atoms in total. The molecule has 2 N–H and O–H groups in total. The van der Waals surface area contributed by atoms with Gasteiger partial charge in [-0.3, -0.25) is 10.1 Å². The highest BCUT2D eigenvalue weighted by Crippen LogP contribution is 2.35. The van der Waals surface area contributed by atoms with Gasteiger partial charge in [0.1, 0.15) is 35.8 Å². The molecule has 4 rings (SSSR count). The molecule has 174 valence electrons. The van der Waals surface area contributed by atoms with Gasteiger partial charge < -0.3 is 14.6 Å². The first kappa shape index (κ1) is 23.8. The smallest absolute Gasteiger partial charge is 0.231 e. The first-order valence-electron chi connectivity index (χ1n) is 10.4. The number of aromatic nitrogens is 4. The largest absolute Gasteiger partial charge is 0.486 e. The van der Waals surface area contributed by atoms with Crippen molar-refractivity contribution in [2.75, 3.05) is 6.61 Å². The van der Waals surface area contributed by atoms with Crippen LogP contribution in [0.3, 0.4) is 0 Å². The van der Waals surface area contributed by atoms with Gasteiger partial charge in [-0.15, -0.1) is 0 Å². The van der Waals surface area contributed by atoms with E-state index in [1.807, 2.05) is 25.1 Å². The van der Waals surface area contributed by atoms with E-state index >= 15 is 0 Å². The van der Waals surface area contributed by atoms with Crippen LogP contribution in [0, 0.1) is 11.3 Å². The average molecular weight is 498 g/mol. The van der Waals surface area contributed by atoms with Crippen molar-refractivity contribution in [3.05, 3.63) is 64.0 Å². The molecular formula is C24H21Cl2N5O3. The molecule has 0 fully saturated rings. The molecule has 3 aromatic heterocycles. The van der Waals surface area contributed by atoms with Gasteiger partial charge in [-0.25, -0.2) is 4.98 Å². The molecule has 10 heteroatoms. The number of pyridine rings is 2. The average Bonchev–Trinajstić information content (AvgIpc) is 3.20. The Morgan fingerprint density at radius 2 is 1.91 bits per heavy atom. The van der Waals surface area contributed by atoms with Crippen molar-refractivity contribution in [3.63, 3.8) is 0 Å². The quantitative estimate of drug-likeness (QED) is 0.346. The summed E-state index contributed by atoms with van der Waals surface area (Å²) in [4.78, 5) is 8.24. The van der Waals surface area contributed by atoms with Gasteiger partial charge in [-0.2, -0.15) is 10.4 Å². The van der Waals surface area contributed by atoms with Crippen molar-refractivity contribution in [2.24, 2.45) is 0 Å². The van der Waals surface area contributed by atoms with Gasteiger partial charge in [0.15, 0.2) is 0 Å². The molecule has 0 amide bonds. The van der Waals surface area contributed by atoms with Crippen LogP contribution in [0.5, 0.6) is 11.6 Å². The van der Waals surface area contributed by atoms with Crippen molar-refractivity contribution in [3.8, 4) is 29.0 Å². The molecule has 0 saturated carbocycles. The molecular weight excluding hydrogens is 477 g/mol. The van der Waals surface area contributed by atoms with E-state index in [4.69, 9.17) is 32.7 Å². The predicted octanol–water partition coefficient (Wildman–Crippen LogP) is 5.49. The summed E-state index contributed by atoms with van der Waals surface area (Å²) in [6.45, 7) is 5.08. The van der Waals surface area contributed by atoms with E-state index < -0.39 is 11.7 Å². The van der Waals surface area contributed by atoms with Crippen LogP contribution in [-0.2, 0) is 0 Å².